The maximum absolute atomic E-state index is 12.4. The van der Waals surface area contributed by atoms with Crippen molar-refractivity contribution in [1.82, 2.24) is 5.32 Å². The molecule has 0 spiro atoms. The smallest absolute Gasteiger partial charge is 0.326 e. The van der Waals surface area contributed by atoms with Crippen LogP contribution in [0.1, 0.15) is 21.5 Å². The number of rotatable bonds is 2. The fraction of sp³-hybridized carbons (Fsp3) is 0.0500. The third kappa shape index (κ3) is 3.32. The maximum atomic E-state index is 12.4. The Bertz CT molecular complexity index is 1070. The van der Waals surface area contributed by atoms with Crippen LogP contribution in [0.2, 0.25) is 0 Å². The van der Waals surface area contributed by atoms with Crippen LogP contribution in [-0.2, 0) is 0 Å². The van der Waals surface area contributed by atoms with Gasteiger partial charge in [-0.15, -0.1) is 0 Å². The van der Waals surface area contributed by atoms with Crippen molar-refractivity contribution in [3.63, 3.8) is 0 Å². The molecular formula is C20H15N3O3. The van der Waals surface area contributed by atoms with Crippen LogP contribution >= 0.6 is 0 Å². The number of hydrogen-bond donors (Lipinski definition) is 3. The van der Waals surface area contributed by atoms with Gasteiger partial charge in [0.05, 0.1) is 17.2 Å². The Hall–Kier alpha value is -3.85. The highest BCUT2D eigenvalue weighted by Crippen LogP contribution is 2.30. The lowest BCUT2D eigenvalue weighted by Crippen LogP contribution is -2.34. The topological polar surface area (TPSA) is 102 Å². The van der Waals surface area contributed by atoms with Crippen molar-refractivity contribution in [3.05, 3.63) is 71.3 Å². The standard InChI is InChI=1S/C20H15N3O3/c1-12-16-8-3-2-6-14(16)10-17(18(12)24)19(25)23-20(26)22-15-7-4-5-13(9-15)11-21/h2-10,24H,1H3,(H2,22,23,25,26). The number of benzene rings is 3. The molecule has 0 fully saturated rings. The van der Waals surface area contributed by atoms with E-state index in [-0.39, 0.29) is 11.3 Å². The van der Waals surface area contributed by atoms with Crippen molar-refractivity contribution < 1.29 is 14.7 Å². The van der Waals surface area contributed by atoms with Gasteiger partial charge in [0, 0.05) is 5.69 Å². The number of amides is 3. The Kier molecular flexibility index (Phi) is 4.54. The second-order valence-corrected chi connectivity index (χ2v) is 5.72. The van der Waals surface area contributed by atoms with Crippen molar-refractivity contribution in [2.24, 2.45) is 0 Å². The second kappa shape index (κ2) is 6.95. The molecule has 0 aliphatic carbocycles. The second-order valence-electron chi connectivity index (χ2n) is 5.72. The number of phenolic OH excluding ortho intramolecular Hbond substituents is 1. The van der Waals surface area contributed by atoms with Crippen LogP contribution in [0, 0.1) is 18.3 Å². The Morgan fingerprint density at radius 3 is 2.62 bits per heavy atom. The summed E-state index contributed by atoms with van der Waals surface area (Å²) in [5.41, 5.74) is 1.35. The van der Waals surface area contributed by atoms with Gasteiger partial charge >= 0.3 is 6.03 Å². The summed E-state index contributed by atoms with van der Waals surface area (Å²) < 4.78 is 0. The molecule has 3 amide bonds. The fourth-order valence-corrected chi connectivity index (χ4v) is 2.69. The van der Waals surface area contributed by atoms with E-state index >= 15 is 0 Å². The van der Waals surface area contributed by atoms with E-state index in [9.17, 15) is 14.7 Å². The summed E-state index contributed by atoms with van der Waals surface area (Å²) in [7, 11) is 0. The summed E-state index contributed by atoms with van der Waals surface area (Å²) in [6, 6.07) is 16.4. The minimum atomic E-state index is -0.754. The first-order chi connectivity index (χ1) is 12.5. The van der Waals surface area contributed by atoms with Crippen LogP contribution in [-0.4, -0.2) is 17.0 Å². The number of urea groups is 1. The number of aromatic hydroxyl groups is 1. The molecule has 0 saturated carbocycles. The molecule has 3 rings (SSSR count). The Morgan fingerprint density at radius 1 is 1.08 bits per heavy atom. The summed E-state index contributed by atoms with van der Waals surface area (Å²) in [4.78, 5) is 24.4. The van der Waals surface area contributed by atoms with Gasteiger partial charge in [-0.25, -0.2) is 4.79 Å². The lowest BCUT2D eigenvalue weighted by atomic mass is 10.00. The number of nitriles is 1. The van der Waals surface area contributed by atoms with Crippen LogP contribution in [0.5, 0.6) is 5.75 Å². The van der Waals surface area contributed by atoms with Gasteiger partial charge in [0.15, 0.2) is 0 Å². The predicted octanol–water partition coefficient (Wildman–Crippen LogP) is 3.69. The fourth-order valence-electron chi connectivity index (χ4n) is 2.69. The molecule has 6 nitrogen and oxygen atoms in total. The normalized spacial score (nSPS) is 10.2. The maximum Gasteiger partial charge on any atom is 0.326 e. The van der Waals surface area contributed by atoms with E-state index in [4.69, 9.17) is 5.26 Å². The van der Waals surface area contributed by atoms with Crippen molar-refractivity contribution in [2.75, 3.05) is 5.32 Å². The number of anilines is 1. The van der Waals surface area contributed by atoms with Crippen molar-refractivity contribution in [3.8, 4) is 11.8 Å². The molecule has 3 aromatic carbocycles. The molecule has 0 radical (unpaired) electrons. The zero-order valence-corrected chi connectivity index (χ0v) is 13.9. The highest BCUT2D eigenvalue weighted by atomic mass is 16.3. The van der Waals surface area contributed by atoms with Gasteiger partial charge in [-0.2, -0.15) is 5.26 Å². The van der Waals surface area contributed by atoms with E-state index in [1.165, 1.54) is 12.1 Å². The predicted molar refractivity (Wildman–Crippen MR) is 98.0 cm³/mol. The van der Waals surface area contributed by atoms with E-state index in [1.54, 1.807) is 25.1 Å². The molecule has 0 unspecified atom stereocenters. The molecule has 0 heterocycles. The molecule has 128 valence electrons. The number of aryl methyl sites for hydroxylation is 1. The van der Waals surface area contributed by atoms with Gasteiger partial charge in [0.2, 0.25) is 0 Å². The van der Waals surface area contributed by atoms with E-state index in [0.29, 0.717) is 16.8 Å². The average molecular weight is 345 g/mol. The number of hydrogen-bond acceptors (Lipinski definition) is 4. The highest BCUT2D eigenvalue weighted by Gasteiger charge is 2.18. The molecule has 26 heavy (non-hydrogen) atoms. The van der Waals surface area contributed by atoms with Crippen molar-refractivity contribution in [2.45, 2.75) is 6.92 Å². The van der Waals surface area contributed by atoms with E-state index in [0.717, 1.165) is 10.8 Å². The Morgan fingerprint density at radius 2 is 1.85 bits per heavy atom. The molecule has 0 aliphatic heterocycles. The number of fused-ring (bicyclic) bond motifs is 1. The zero-order chi connectivity index (χ0) is 18.7. The number of nitrogens with zero attached hydrogens (tertiary/aromatic N) is 1. The number of nitrogens with one attached hydrogen (secondary N) is 2. The molecule has 0 saturated heterocycles. The summed E-state index contributed by atoms with van der Waals surface area (Å²) >= 11 is 0. The van der Waals surface area contributed by atoms with Gasteiger partial charge in [-0.05, 0) is 47.5 Å². The van der Waals surface area contributed by atoms with Gasteiger partial charge in [0.1, 0.15) is 5.75 Å². The third-order valence-electron chi connectivity index (χ3n) is 4.00. The number of carbonyl (C=O) groups excluding carboxylic acids is 2. The number of phenols is 1. The molecule has 3 aromatic rings. The molecule has 0 aromatic heterocycles. The lowest BCUT2D eigenvalue weighted by Gasteiger charge is -2.11. The first-order valence-electron chi connectivity index (χ1n) is 7.83. The average Bonchev–Trinajstić information content (AvgIpc) is 2.64. The molecular weight excluding hydrogens is 330 g/mol. The van der Waals surface area contributed by atoms with Crippen molar-refractivity contribution >= 4 is 28.4 Å². The SMILES string of the molecule is Cc1c(O)c(C(=O)NC(=O)Nc2cccc(C#N)c2)cc2ccccc12. The lowest BCUT2D eigenvalue weighted by molar-refractivity contribution is 0.0964. The monoisotopic (exact) mass is 345 g/mol. The summed E-state index contributed by atoms with van der Waals surface area (Å²) in [5, 5.41) is 25.5. The van der Waals surface area contributed by atoms with E-state index < -0.39 is 11.9 Å². The minimum absolute atomic E-state index is 0.0159. The molecule has 6 heteroatoms. The van der Waals surface area contributed by atoms with Gasteiger partial charge in [-0.3, -0.25) is 10.1 Å². The number of imide groups is 1. The largest absolute Gasteiger partial charge is 0.507 e. The third-order valence-corrected chi connectivity index (χ3v) is 4.00. The first kappa shape index (κ1) is 17.0. The molecule has 0 atom stereocenters. The summed E-state index contributed by atoms with van der Waals surface area (Å²) in [6.45, 7) is 1.71. The van der Waals surface area contributed by atoms with Crippen molar-refractivity contribution in [1.29, 1.82) is 5.26 Å². The van der Waals surface area contributed by atoms with Crippen LogP contribution in [0.4, 0.5) is 10.5 Å². The van der Waals surface area contributed by atoms with Gasteiger partial charge < -0.3 is 10.4 Å². The Labute approximate surface area is 149 Å². The van der Waals surface area contributed by atoms with Gasteiger partial charge in [0.25, 0.3) is 5.91 Å². The number of carbonyl (C=O) groups is 2. The first-order valence-corrected chi connectivity index (χ1v) is 7.83. The summed E-state index contributed by atoms with van der Waals surface area (Å²) in [6.07, 6.45) is 0. The summed E-state index contributed by atoms with van der Waals surface area (Å²) in [5.74, 6) is -0.884. The minimum Gasteiger partial charge on any atom is -0.507 e. The van der Waals surface area contributed by atoms with E-state index in [2.05, 4.69) is 10.6 Å². The van der Waals surface area contributed by atoms with Crippen LogP contribution in [0.3, 0.4) is 0 Å². The molecule has 0 aliphatic rings. The van der Waals surface area contributed by atoms with Crippen LogP contribution in [0.15, 0.2) is 54.6 Å². The zero-order valence-electron chi connectivity index (χ0n) is 13.9. The molecule has 0 bridgehead atoms. The Balaban J connectivity index is 1.81. The quantitative estimate of drug-likeness (QED) is 0.659. The van der Waals surface area contributed by atoms with Gasteiger partial charge in [-0.1, -0.05) is 30.3 Å². The van der Waals surface area contributed by atoms with E-state index in [1.807, 2.05) is 30.3 Å². The van der Waals surface area contributed by atoms with Crippen LogP contribution < -0.4 is 10.6 Å². The van der Waals surface area contributed by atoms with Crippen LogP contribution in [0.25, 0.3) is 10.8 Å². The highest BCUT2D eigenvalue weighted by molar-refractivity contribution is 6.11. The molecule has 3 N–H and O–H groups in total.